The van der Waals surface area contributed by atoms with Crippen LogP contribution in [0.5, 0.6) is 0 Å². The van der Waals surface area contributed by atoms with Gasteiger partial charge in [-0.1, -0.05) is 28.1 Å². The van der Waals surface area contributed by atoms with E-state index in [0.29, 0.717) is 23.0 Å². The molecule has 1 aromatic carbocycles. The smallest absolute Gasteiger partial charge is 0.258 e. The van der Waals surface area contributed by atoms with Gasteiger partial charge in [-0.25, -0.2) is 4.98 Å². The predicted molar refractivity (Wildman–Crippen MR) is 89.4 cm³/mol. The van der Waals surface area contributed by atoms with Crippen molar-refractivity contribution in [2.45, 2.75) is 6.54 Å². The molecule has 0 spiro atoms. The molecule has 3 aromatic heterocycles. The van der Waals surface area contributed by atoms with Crippen LogP contribution in [0.15, 0.2) is 51.2 Å². The Bertz CT molecular complexity index is 1050. The quantitative estimate of drug-likeness (QED) is 0.537. The molecule has 0 aliphatic heterocycles. The van der Waals surface area contributed by atoms with Crippen molar-refractivity contribution in [2.75, 3.05) is 0 Å². The number of thiazole rings is 1. The molecular formula is C14H9BrN6OS. The SMILES string of the molecule is O=c1cc(Cn2nnc(-c3ccccc3Br)n2)nc2sccn12. The highest BCUT2D eigenvalue weighted by Gasteiger charge is 2.10. The zero-order chi connectivity index (χ0) is 15.8. The number of rotatable bonds is 3. The Hall–Kier alpha value is -2.39. The minimum Gasteiger partial charge on any atom is -0.269 e. The third-order valence-corrected chi connectivity index (χ3v) is 4.68. The van der Waals surface area contributed by atoms with Gasteiger partial charge in [0, 0.05) is 27.7 Å². The Morgan fingerprint density at radius 1 is 1.26 bits per heavy atom. The van der Waals surface area contributed by atoms with Gasteiger partial charge in [-0.3, -0.25) is 9.20 Å². The second-order valence-electron chi connectivity index (χ2n) is 4.76. The van der Waals surface area contributed by atoms with Crippen LogP contribution in [0.25, 0.3) is 16.3 Å². The lowest BCUT2D eigenvalue weighted by atomic mass is 10.2. The van der Waals surface area contributed by atoms with Crippen LogP contribution < -0.4 is 5.56 Å². The summed E-state index contributed by atoms with van der Waals surface area (Å²) in [4.78, 5) is 18.5. The highest BCUT2D eigenvalue weighted by molar-refractivity contribution is 9.10. The number of hydrogen-bond acceptors (Lipinski definition) is 6. The zero-order valence-electron chi connectivity index (χ0n) is 11.6. The van der Waals surface area contributed by atoms with Gasteiger partial charge in [0.05, 0.1) is 5.69 Å². The van der Waals surface area contributed by atoms with E-state index < -0.39 is 0 Å². The minimum absolute atomic E-state index is 0.114. The number of tetrazole rings is 1. The van der Waals surface area contributed by atoms with Crippen LogP contribution in [0.3, 0.4) is 0 Å². The summed E-state index contributed by atoms with van der Waals surface area (Å²) in [7, 11) is 0. The third kappa shape index (κ3) is 2.68. The van der Waals surface area contributed by atoms with E-state index in [0.717, 1.165) is 10.0 Å². The molecule has 0 unspecified atom stereocenters. The highest BCUT2D eigenvalue weighted by atomic mass is 79.9. The fourth-order valence-electron chi connectivity index (χ4n) is 2.17. The maximum atomic E-state index is 12.0. The van der Waals surface area contributed by atoms with Crippen LogP contribution in [0.1, 0.15) is 5.69 Å². The van der Waals surface area contributed by atoms with Crippen LogP contribution in [-0.2, 0) is 6.54 Å². The first-order chi connectivity index (χ1) is 11.2. The third-order valence-electron chi connectivity index (χ3n) is 3.23. The molecule has 7 nitrogen and oxygen atoms in total. The van der Waals surface area contributed by atoms with Crippen molar-refractivity contribution in [3.8, 4) is 11.4 Å². The highest BCUT2D eigenvalue weighted by Crippen LogP contribution is 2.24. The summed E-state index contributed by atoms with van der Waals surface area (Å²) >= 11 is 4.88. The molecular weight excluding hydrogens is 380 g/mol. The fraction of sp³-hybridized carbons (Fsp3) is 0.0714. The number of fused-ring (bicyclic) bond motifs is 1. The average molecular weight is 389 g/mol. The predicted octanol–water partition coefficient (Wildman–Crippen LogP) is 2.22. The summed E-state index contributed by atoms with van der Waals surface area (Å²) in [5.74, 6) is 0.520. The van der Waals surface area contributed by atoms with E-state index in [1.165, 1.54) is 26.6 Å². The lowest BCUT2D eigenvalue weighted by Gasteiger charge is -2.00. The van der Waals surface area contributed by atoms with Crippen molar-refractivity contribution in [3.63, 3.8) is 0 Å². The van der Waals surface area contributed by atoms with E-state index in [4.69, 9.17) is 0 Å². The zero-order valence-corrected chi connectivity index (χ0v) is 14.0. The van der Waals surface area contributed by atoms with Crippen molar-refractivity contribution in [1.82, 2.24) is 29.6 Å². The first-order valence-electron chi connectivity index (χ1n) is 6.69. The maximum absolute atomic E-state index is 12.0. The monoisotopic (exact) mass is 388 g/mol. The second-order valence-corrected chi connectivity index (χ2v) is 6.49. The maximum Gasteiger partial charge on any atom is 0.258 e. The Morgan fingerprint density at radius 2 is 2.13 bits per heavy atom. The van der Waals surface area contributed by atoms with Crippen LogP contribution in [0.4, 0.5) is 0 Å². The average Bonchev–Trinajstić information content (AvgIpc) is 3.17. The van der Waals surface area contributed by atoms with Gasteiger partial charge in [0.2, 0.25) is 5.82 Å². The first-order valence-corrected chi connectivity index (χ1v) is 8.36. The van der Waals surface area contributed by atoms with Gasteiger partial charge < -0.3 is 0 Å². The van der Waals surface area contributed by atoms with E-state index >= 15 is 0 Å². The number of nitrogens with zero attached hydrogens (tertiary/aromatic N) is 6. The van der Waals surface area contributed by atoms with Crippen LogP contribution >= 0.6 is 27.3 Å². The van der Waals surface area contributed by atoms with Gasteiger partial charge in [0.25, 0.3) is 5.56 Å². The minimum atomic E-state index is -0.114. The molecule has 4 aromatic rings. The molecule has 0 bridgehead atoms. The Labute approximate surface area is 142 Å². The topological polar surface area (TPSA) is 78.0 Å². The van der Waals surface area contributed by atoms with Gasteiger partial charge in [0.1, 0.15) is 6.54 Å². The van der Waals surface area contributed by atoms with E-state index in [-0.39, 0.29) is 5.56 Å². The Kier molecular flexibility index (Phi) is 3.50. The molecule has 0 atom stereocenters. The molecule has 0 fully saturated rings. The Balaban J connectivity index is 1.67. The van der Waals surface area contributed by atoms with Crippen molar-refractivity contribution in [3.05, 3.63) is 62.4 Å². The van der Waals surface area contributed by atoms with Crippen molar-refractivity contribution in [1.29, 1.82) is 0 Å². The van der Waals surface area contributed by atoms with E-state index in [1.807, 2.05) is 29.6 Å². The van der Waals surface area contributed by atoms with Gasteiger partial charge in [-0.2, -0.15) is 4.80 Å². The van der Waals surface area contributed by atoms with Gasteiger partial charge in [-0.05, 0) is 17.3 Å². The van der Waals surface area contributed by atoms with Crippen molar-refractivity contribution in [2.24, 2.45) is 0 Å². The normalized spacial score (nSPS) is 11.2. The van der Waals surface area contributed by atoms with Crippen LogP contribution in [0, 0.1) is 0 Å². The number of benzene rings is 1. The summed E-state index contributed by atoms with van der Waals surface area (Å²) in [5, 5.41) is 14.3. The molecule has 0 aliphatic carbocycles. The molecule has 0 aliphatic rings. The summed E-state index contributed by atoms with van der Waals surface area (Å²) in [6.07, 6.45) is 1.71. The summed E-state index contributed by atoms with van der Waals surface area (Å²) in [5.41, 5.74) is 1.35. The summed E-state index contributed by atoms with van der Waals surface area (Å²) < 4.78 is 2.41. The molecule has 114 valence electrons. The molecule has 0 amide bonds. The lowest BCUT2D eigenvalue weighted by Crippen LogP contribution is -2.15. The largest absolute Gasteiger partial charge is 0.269 e. The van der Waals surface area contributed by atoms with Crippen LogP contribution in [-0.4, -0.2) is 29.6 Å². The molecule has 3 heterocycles. The molecule has 9 heteroatoms. The summed E-state index contributed by atoms with van der Waals surface area (Å²) in [6, 6.07) is 9.15. The second kappa shape index (κ2) is 5.67. The number of aromatic nitrogens is 6. The van der Waals surface area contributed by atoms with Gasteiger partial charge in [0.15, 0.2) is 4.96 Å². The van der Waals surface area contributed by atoms with Gasteiger partial charge in [-0.15, -0.1) is 21.5 Å². The first kappa shape index (κ1) is 14.2. The molecule has 0 saturated carbocycles. The standard InChI is InChI=1S/C14H9BrN6OS/c15-11-4-2-1-3-10(11)13-17-19-21(18-13)8-9-7-12(22)20-5-6-23-14(20)16-9/h1-7H,8H2. The van der Waals surface area contributed by atoms with E-state index in [1.54, 1.807) is 6.20 Å². The van der Waals surface area contributed by atoms with Gasteiger partial charge >= 0.3 is 0 Å². The molecule has 23 heavy (non-hydrogen) atoms. The summed E-state index contributed by atoms with van der Waals surface area (Å²) in [6.45, 7) is 0.293. The van der Waals surface area contributed by atoms with Crippen LogP contribution in [0.2, 0.25) is 0 Å². The molecule has 0 N–H and O–H groups in total. The molecule has 0 radical (unpaired) electrons. The van der Waals surface area contributed by atoms with Crippen molar-refractivity contribution >= 4 is 32.2 Å². The molecule has 0 saturated heterocycles. The van der Waals surface area contributed by atoms with Crippen molar-refractivity contribution < 1.29 is 0 Å². The molecule has 4 rings (SSSR count). The van der Waals surface area contributed by atoms with E-state index in [9.17, 15) is 4.79 Å². The number of hydrogen-bond donors (Lipinski definition) is 0. The lowest BCUT2D eigenvalue weighted by molar-refractivity contribution is 0.564. The van der Waals surface area contributed by atoms with E-state index in [2.05, 4.69) is 36.3 Å². The number of halogens is 1. The Morgan fingerprint density at radius 3 is 3.00 bits per heavy atom. The fourth-order valence-corrected chi connectivity index (χ4v) is 3.38.